The highest BCUT2D eigenvalue weighted by atomic mass is 32.2. The molecule has 1 unspecified atom stereocenters. The van der Waals surface area contributed by atoms with Crippen LogP contribution >= 0.6 is 35.7 Å². The highest BCUT2D eigenvalue weighted by Gasteiger charge is 2.35. The number of aryl methyl sites for hydroxylation is 1. The van der Waals surface area contributed by atoms with Crippen molar-refractivity contribution in [2.75, 3.05) is 13.2 Å². The molecule has 2 fully saturated rings. The SMILES string of the molecule is Cc1ccc2nc(Sc3ccccc3)c(C=C3SC(=S)N(CC4CCCO4)C3=O)c(=O)n2c1. The van der Waals surface area contributed by atoms with E-state index in [2.05, 4.69) is 0 Å². The van der Waals surface area contributed by atoms with E-state index in [0.717, 1.165) is 23.3 Å². The Balaban J connectivity index is 1.57. The number of aromatic nitrogens is 2. The van der Waals surface area contributed by atoms with Gasteiger partial charge in [-0.1, -0.05) is 60.0 Å². The third-order valence-corrected chi connectivity index (χ3v) is 7.88. The molecule has 4 heterocycles. The van der Waals surface area contributed by atoms with Crippen molar-refractivity contribution in [1.29, 1.82) is 0 Å². The van der Waals surface area contributed by atoms with E-state index >= 15 is 0 Å². The molecule has 0 saturated carbocycles. The number of carbonyl (C=O) groups excluding carboxylic acids is 1. The Hall–Kier alpha value is -2.46. The summed E-state index contributed by atoms with van der Waals surface area (Å²) in [4.78, 5) is 34.4. The van der Waals surface area contributed by atoms with Crippen LogP contribution in [-0.4, -0.2) is 43.8 Å². The number of thioether (sulfide) groups is 1. The van der Waals surface area contributed by atoms with Crippen LogP contribution in [0, 0.1) is 6.92 Å². The first-order chi connectivity index (χ1) is 16.0. The lowest BCUT2D eigenvalue weighted by atomic mass is 10.2. The Bertz CT molecular complexity index is 1330. The molecule has 33 heavy (non-hydrogen) atoms. The van der Waals surface area contributed by atoms with Crippen molar-refractivity contribution in [3.05, 3.63) is 75.0 Å². The van der Waals surface area contributed by atoms with E-state index in [-0.39, 0.29) is 17.6 Å². The highest BCUT2D eigenvalue weighted by Crippen LogP contribution is 2.35. The molecule has 1 amide bonds. The van der Waals surface area contributed by atoms with E-state index in [4.69, 9.17) is 21.9 Å². The van der Waals surface area contributed by atoms with E-state index in [0.29, 0.717) is 38.6 Å². The average molecular weight is 496 g/mol. The number of hydrogen-bond acceptors (Lipinski definition) is 7. The van der Waals surface area contributed by atoms with Gasteiger partial charge in [0.05, 0.1) is 23.1 Å². The van der Waals surface area contributed by atoms with Crippen molar-refractivity contribution in [3.8, 4) is 0 Å². The molecule has 6 nitrogen and oxygen atoms in total. The number of benzene rings is 1. The average Bonchev–Trinajstić information content (AvgIpc) is 3.42. The second-order valence-electron chi connectivity index (χ2n) is 7.91. The summed E-state index contributed by atoms with van der Waals surface area (Å²) >= 11 is 8.10. The lowest BCUT2D eigenvalue weighted by molar-refractivity contribution is -0.123. The summed E-state index contributed by atoms with van der Waals surface area (Å²) in [7, 11) is 0. The molecule has 1 aromatic carbocycles. The summed E-state index contributed by atoms with van der Waals surface area (Å²) < 4.78 is 7.70. The molecule has 5 rings (SSSR count). The van der Waals surface area contributed by atoms with Gasteiger partial charge in [0.1, 0.15) is 15.0 Å². The van der Waals surface area contributed by atoms with Gasteiger partial charge in [-0.05, 0) is 49.6 Å². The van der Waals surface area contributed by atoms with E-state index < -0.39 is 0 Å². The smallest absolute Gasteiger partial charge is 0.266 e. The fourth-order valence-electron chi connectivity index (χ4n) is 3.82. The van der Waals surface area contributed by atoms with Gasteiger partial charge in [0.25, 0.3) is 11.5 Å². The summed E-state index contributed by atoms with van der Waals surface area (Å²) in [5.74, 6) is -0.190. The largest absolute Gasteiger partial charge is 0.376 e. The summed E-state index contributed by atoms with van der Waals surface area (Å²) in [6.45, 7) is 3.09. The molecule has 168 valence electrons. The van der Waals surface area contributed by atoms with E-state index in [9.17, 15) is 9.59 Å². The normalized spacial score (nSPS) is 19.8. The van der Waals surface area contributed by atoms with E-state index in [1.807, 2.05) is 49.4 Å². The first kappa shape index (κ1) is 22.3. The Morgan fingerprint density at radius 1 is 1.24 bits per heavy atom. The fourth-order valence-corrected chi connectivity index (χ4v) is 5.99. The van der Waals surface area contributed by atoms with E-state index in [1.165, 1.54) is 27.9 Å². The standard InChI is InChI=1S/C24H21N3O3S3/c1-15-9-10-20-25-21(32-17-7-3-2-4-8-17)18(22(28)26(20)13-15)12-19-23(29)27(24(31)33-19)14-16-6-5-11-30-16/h2-4,7-10,12-13,16H,5-6,11,14H2,1H3. The quantitative estimate of drug-likeness (QED) is 0.293. The second kappa shape index (κ2) is 9.42. The topological polar surface area (TPSA) is 63.9 Å². The lowest BCUT2D eigenvalue weighted by Gasteiger charge is -2.18. The fraction of sp³-hybridized carbons (Fsp3) is 0.250. The molecule has 0 N–H and O–H groups in total. The number of ether oxygens (including phenoxy) is 1. The van der Waals surface area contributed by atoms with Crippen LogP contribution in [0.1, 0.15) is 24.0 Å². The molecule has 3 aromatic rings. The first-order valence-electron chi connectivity index (χ1n) is 10.6. The van der Waals surface area contributed by atoms with Crippen LogP contribution in [0.2, 0.25) is 0 Å². The summed E-state index contributed by atoms with van der Waals surface area (Å²) in [6.07, 6.45) is 5.33. The Morgan fingerprint density at radius 2 is 2.06 bits per heavy atom. The zero-order valence-corrected chi connectivity index (χ0v) is 20.3. The molecule has 0 radical (unpaired) electrons. The second-order valence-corrected chi connectivity index (χ2v) is 10.7. The van der Waals surface area contributed by atoms with Gasteiger partial charge in [0.15, 0.2) is 0 Å². The zero-order chi connectivity index (χ0) is 22.9. The van der Waals surface area contributed by atoms with E-state index in [1.54, 1.807) is 17.2 Å². The van der Waals surface area contributed by atoms with Crippen LogP contribution in [0.4, 0.5) is 0 Å². The van der Waals surface area contributed by atoms with Gasteiger partial charge in [-0.3, -0.25) is 18.9 Å². The number of nitrogens with zero attached hydrogens (tertiary/aromatic N) is 3. The van der Waals surface area contributed by atoms with Crippen molar-refractivity contribution in [3.63, 3.8) is 0 Å². The van der Waals surface area contributed by atoms with Crippen LogP contribution in [0.5, 0.6) is 0 Å². The molecule has 1 atom stereocenters. The van der Waals surface area contributed by atoms with Gasteiger partial charge >= 0.3 is 0 Å². The summed E-state index contributed by atoms with van der Waals surface area (Å²) in [6, 6.07) is 13.5. The third kappa shape index (κ3) is 4.63. The van der Waals surface area contributed by atoms with Crippen molar-refractivity contribution in [1.82, 2.24) is 14.3 Å². The molecule has 0 bridgehead atoms. The molecule has 2 aromatic heterocycles. The zero-order valence-electron chi connectivity index (χ0n) is 17.9. The number of fused-ring (bicyclic) bond motifs is 1. The minimum Gasteiger partial charge on any atom is -0.376 e. The first-order valence-corrected chi connectivity index (χ1v) is 12.7. The molecule has 2 aliphatic rings. The van der Waals surface area contributed by atoms with Crippen LogP contribution in [0.3, 0.4) is 0 Å². The van der Waals surface area contributed by atoms with Gasteiger partial charge < -0.3 is 4.74 Å². The maximum absolute atomic E-state index is 13.5. The number of hydrogen-bond donors (Lipinski definition) is 0. The number of amides is 1. The van der Waals surface area contributed by atoms with Gasteiger partial charge in [-0.2, -0.15) is 0 Å². The van der Waals surface area contributed by atoms with Crippen LogP contribution in [-0.2, 0) is 9.53 Å². The maximum Gasteiger partial charge on any atom is 0.266 e. The summed E-state index contributed by atoms with van der Waals surface area (Å²) in [5.41, 5.74) is 1.67. The molecular formula is C24H21N3O3S3. The van der Waals surface area contributed by atoms with Crippen molar-refractivity contribution in [2.24, 2.45) is 0 Å². The Morgan fingerprint density at radius 3 is 2.82 bits per heavy atom. The highest BCUT2D eigenvalue weighted by molar-refractivity contribution is 8.26. The van der Waals surface area contributed by atoms with Crippen LogP contribution < -0.4 is 5.56 Å². The molecular weight excluding hydrogens is 474 g/mol. The van der Waals surface area contributed by atoms with Gasteiger partial charge in [-0.15, -0.1) is 0 Å². The van der Waals surface area contributed by atoms with Crippen molar-refractivity contribution < 1.29 is 9.53 Å². The van der Waals surface area contributed by atoms with Crippen molar-refractivity contribution in [2.45, 2.75) is 35.8 Å². The van der Waals surface area contributed by atoms with Crippen LogP contribution in [0.15, 0.2) is 68.3 Å². The maximum atomic E-state index is 13.5. The molecule has 0 spiro atoms. The number of pyridine rings is 1. The molecule has 2 saturated heterocycles. The molecule has 2 aliphatic heterocycles. The number of thiocarbonyl (C=S) groups is 1. The lowest BCUT2D eigenvalue weighted by Crippen LogP contribution is -2.35. The van der Waals surface area contributed by atoms with Crippen LogP contribution in [0.25, 0.3) is 11.7 Å². The minimum atomic E-state index is -0.216. The van der Waals surface area contributed by atoms with Gasteiger partial charge in [0.2, 0.25) is 0 Å². The van der Waals surface area contributed by atoms with Gasteiger partial charge in [0, 0.05) is 17.7 Å². The Labute approximate surface area is 205 Å². The monoisotopic (exact) mass is 495 g/mol. The predicted molar refractivity (Wildman–Crippen MR) is 136 cm³/mol. The minimum absolute atomic E-state index is 0.00647. The Kier molecular flexibility index (Phi) is 6.38. The van der Waals surface area contributed by atoms with Gasteiger partial charge in [-0.25, -0.2) is 4.98 Å². The third-order valence-electron chi connectivity index (χ3n) is 5.49. The molecule has 0 aliphatic carbocycles. The van der Waals surface area contributed by atoms with Crippen molar-refractivity contribution >= 4 is 57.7 Å². The number of carbonyl (C=O) groups is 1. The number of rotatable bonds is 5. The molecule has 9 heteroatoms. The summed E-state index contributed by atoms with van der Waals surface area (Å²) in [5, 5.41) is 0.555. The predicted octanol–water partition coefficient (Wildman–Crippen LogP) is 4.53.